The molecular formula is C22H24N2OS. The highest BCUT2D eigenvalue weighted by molar-refractivity contribution is 7.09. The number of aryl methyl sites for hydroxylation is 1. The maximum absolute atomic E-state index is 12.2. The Morgan fingerprint density at radius 3 is 2.35 bits per heavy atom. The van der Waals surface area contributed by atoms with Crippen LogP contribution in [-0.2, 0) is 6.42 Å². The Bertz CT molecular complexity index is 864. The van der Waals surface area contributed by atoms with Gasteiger partial charge in [0.25, 0.3) is 5.91 Å². The molecule has 0 saturated carbocycles. The first-order valence-electron chi connectivity index (χ1n) is 8.92. The predicted octanol–water partition coefficient (Wildman–Crippen LogP) is 5.21. The summed E-state index contributed by atoms with van der Waals surface area (Å²) in [6.45, 7) is 6.94. The summed E-state index contributed by atoms with van der Waals surface area (Å²) in [4.78, 5) is 16.7. The molecule has 1 amide bonds. The van der Waals surface area contributed by atoms with Crippen LogP contribution >= 0.6 is 11.3 Å². The number of carbonyl (C=O) groups is 1. The molecule has 0 aliphatic heterocycles. The molecule has 0 unspecified atom stereocenters. The Morgan fingerprint density at radius 2 is 1.77 bits per heavy atom. The van der Waals surface area contributed by atoms with Crippen LogP contribution < -0.4 is 5.32 Å². The topological polar surface area (TPSA) is 42.0 Å². The third-order valence-corrected chi connectivity index (χ3v) is 5.18. The molecule has 0 radical (unpaired) electrons. The van der Waals surface area contributed by atoms with Crippen molar-refractivity contribution in [3.8, 4) is 11.3 Å². The fourth-order valence-corrected chi connectivity index (χ4v) is 3.40. The number of carbonyl (C=O) groups excluding carboxylic acids is 1. The molecule has 3 aromatic rings. The number of thiazole rings is 1. The molecule has 1 aromatic heterocycles. The number of benzene rings is 2. The molecule has 0 atom stereocenters. The Hall–Kier alpha value is -2.46. The number of rotatable bonds is 6. The number of hydrogen-bond donors (Lipinski definition) is 1. The van der Waals surface area contributed by atoms with Gasteiger partial charge in [0.2, 0.25) is 0 Å². The largest absolute Gasteiger partial charge is 0.352 e. The van der Waals surface area contributed by atoms with E-state index in [0.717, 1.165) is 22.7 Å². The molecule has 3 rings (SSSR count). The van der Waals surface area contributed by atoms with Crippen LogP contribution in [-0.4, -0.2) is 17.4 Å². The maximum atomic E-state index is 12.2. The molecule has 134 valence electrons. The molecule has 0 saturated heterocycles. The zero-order chi connectivity index (χ0) is 18.5. The van der Waals surface area contributed by atoms with Crippen molar-refractivity contribution in [3.05, 3.63) is 75.6 Å². The molecule has 0 spiro atoms. The molecule has 4 heteroatoms. The smallest absolute Gasteiger partial charge is 0.251 e. The van der Waals surface area contributed by atoms with Crippen LogP contribution in [0.15, 0.2) is 53.9 Å². The average Bonchev–Trinajstić information content (AvgIpc) is 3.08. The lowest BCUT2D eigenvalue weighted by atomic mass is 10.0. The molecule has 1 heterocycles. The number of aromatic nitrogens is 1. The minimum atomic E-state index is -0.0186. The van der Waals surface area contributed by atoms with Gasteiger partial charge in [0.1, 0.15) is 0 Å². The minimum Gasteiger partial charge on any atom is -0.352 e. The highest BCUT2D eigenvalue weighted by atomic mass is 32.1. The van der Waals surface area contributed by atoms with Gasteiger partial charge in [-0.05, 0) is 42.5 Å². The van der Waals surface area contributed by atoms with Crippen molar-refractivity contribution in [2.75, 3.05) is 6.54 Å². The Morgan fingerprint density at radius 1 is 1.08 bits per heavy atom. The van der Waals surface area contributed by atoms with Crippen LogP contribution in [0, 0.1) is 6.92 Å². The number of nitrogens with zero attached hydrogens (tertiary/aromatic N) is 1. The summed E-state index contributed by atoms with van der Waals surface area (Å²) in [5.41, 5.74) is 5.32. The highest BCUT2D eigenvalue weighted by Gasteiger charge is 2.07. The molecule has 1 N–H and O–H groups in total. The van der Waals surface area contributed by atoms with E-state index in [1.807, 2.05) is 31.2 Å². The second kappa shape index (κ2) is 8.28. The first-order chi connectivity index (χ1) is 12.5. The normalized spacial score (nSPS) is 10.9. The summed E-state index contributed by atoms with van der Waals surface area (Å²) >= 11 is 1.66. The second-order valence-electron chi connectivity index (χ2n) is 6.73. The van der Waals surface area contributed by atoms with Crippen LogP contribution in [0.5, 0.6) is 0 Å². The summed E-state index contributed by atoms with van der Waals surface area (Å²) < 4.78 is 0. The van der Waals surface area contributed by atoms with Gasteiger partial charge in [-0.1, -0.05) is 50.2 Å². The summed E-state index contributed by atoms with van der Waals surface area (Å²) in [5, 5.41) is 6.15. The quantitative estimate of drug-likeness (QED) is 0.652. The molecule has 0 fully saturated rings. The van der Waals surface area contributed by atoms with Crippen molar-refractivity contribution in [1.29, 1.82) is 0 Å². The van der Waals surface area contributed by atoms with Gasteiger partial charge >= 0.3 is 0 Å². The van der Waals surface area contributed by atoms with E-state index in [1.54, 1.807) is 11.3 Å². The first-order valence-corrected chi connectivity index (χ1v) is 9.80. The van der Waals surface area contributed by atoms with Crippen LogP contribution in [0.3, 0.4) is 0 Å². The fourth-order valence-electron chi connectivity index (χ4n) is 2.78. The van der Waals surface area contributed by atoms with Gasteiger partial charge in [0.05, 0.1) is 10.7 Å². The van der Waals surface area contributed by atoms with E-state index in [1.165, 1.54) is 11.1 Å². The SMILES string of the molecule is Cc1nc(-c2ccc(CCNC(=O)c3ccc(C(C)C)cc3)cc2)cs1. The van der Waals surface area contributed by atoms with Crippen molar-refractivity contribution < 1.29 is 4.79 Å². The third kappa shape index (κ3) is 4.58. The third-order valence-electron chi connectivity index (χ3n) is 4.41. The monoisotopic (exact) mass is 364 g/mol. The van der Waals surface area contributed by atoms with Crippen LogP contribution in [0.2, 0.25) is 0 Å². The van der Waals surface area contributed by atoms with E-state index in [4.69, 9.17) is 0 Å². The van der Waals surface area contributed by atoms with Crippen molar-refractivity contribution in [2.45, 2.75) is 33.1 Å². The molecule has 0 bridgehead atoms. The lowest BCUT2D eigenvalue weighted by molar-refractivity contribution is 0.0954. The molecule has 26 heavy (non-hydrogen) atoms. The molecule has 3 nitrogen and oxygen atoms in total. The van der Waals surface area contributed by atoms with Gasteiger partial charge in [-0.25, -0.2) is 4.98 Å². The van der Waals surface area contributed by atoms with Crippen molar-refractivity contribution in [1.82, 2.24) is 10.3 Å². The van der Waals surface area contributed by atoms with E-state index >= 15 is 0 Å². The van der Waals surface area contributed by atoms with Crippen molar-refractivity contribution in [3.63, 3.8) is 0 Å². The number of hydrogen-bond acceptors (Lipinski definition) is 3. The van der Waals surface area contributed by atoms with Crippen LogP contribution in [0.4, 0.5) is 0 Å². The fraction of sp³-hybridized carbons (Fsp3) is 0.273. The maximum Gasteiger partial charge on any atom is 0.251 e. The molecule has 0 aliphatic carbocycles. The predicted molar refractivity (Wildman–Crippen MR) is 109 cm³/mol. The van der Waals surface area contributed by atoms with E-state index < -0.39 is 0 Å². The van der Waals surface area contributed by atoms with Gasteiger partial charge in [-0.15, -0.1) is 11.3 Å². The van der Waals surface area contributed by atoms with Crippen LogP contribution in [0.25, 0.3) is 11.3 Å². The lowest BCUT2D eigenvalue weighted by Crippen LogP contribution is -2.25. The van der Waals surface area contributed by atoms with Gasteiger partial charge in [-0.2, -0.15) is 0 Å². The number of amides is 1. The molecule has 0 aliphatic rings. The molecule has 2 aromatic carbocycles. The summed E-state index contributed by atoms with van der Waals surface area (Å²) in [5.74, 6) is 0.457. The Labute approximate surface area is 159 Å². The minimum absolute atomic E-state index is 0.0186. The molecular weight excluding hydrogens is 340 g/mol. The second-order valence-corrected chi connectivity index (χ2v) is 7.79. The summed E-state index contributed by atoms with van der Waals surface area (Å²) in [7, 11) is 0. The summed E-state index contributed by atoms with van der Waals surface area (Å²) in [6.07, 6.45) is 0.812. The standard InChI is InChI=1S/C22H24N2OS/c1-15(2)18-8-10-20(11-9-18)22(25)23-13-12-17-4-6-19(7-5-17)21-14-26-16(3)24-21/h4-11,14-15H,12-13H2,1-3H3,(H,23,25). The summed E-state index contributed by atoms with van der Waals surface area (Å²) in [6, 6.07) is 16.2. The van der Waals surface area contributed by atoms with E-state index in [0.29, 0.717) is 18.0 Å². The van der Waals surface area contributed by atoms with Crippen LogP contribution in [0.1, 0.15) is 46.3 Å². The van der Waals surface area contributed by atoms with E-state index in [2.05, 4.69) is 53.8 Å². The van der Waals surface area contributed by atoms with Crippen molar-refractivity contribution >= 4 is 17.2 Å². The van der Waals surface area contributed by atoms with E-state index in [9.17, 15) is 4.79 Å². The van der Waals surface area contributed by atoms with Gasteiger partial charge in [-0.3, -0.25) is 4.79 Å². The van der Waals surface area contributed by atoms with E-state index in [-0.39, 0.29) is 5.91 Å². The van der Waals surface area contributed by atoms with Gasteiger partial charge in [0, 0.05) is 23.1 Å². The zero-order valence-corrected chi connectivity index (χ0v) is 16.3. The van der Waals surface area contributed by atoms with Crippen molar-refractivity contribution in [2.24, 2.45) is 0 Å². The Balaban J connectivity index is 1.52. The highest BCUT2D eigenvalue weighted by Crippen LogP contribution is 2.22. The zero-order valence-electron chi connectivity index (χ0n) is 15.5. The Kier molecular flexibility index (Phi) is 5.84. The van der Waals surface area contributed by atoms with Gasteiger partial charge < -0.3 is 5.32 Å². The average molecular weight is 365 g/mol. The first kappa shape index (κ1) is 18.3. The number of nitrogens with one attached hydrogen (secondary N) is 1. The lowest BCUT2D eigenvalue weighted by Gasteiger charge is -2.08. The van der Waals surface area contributed by atoms with Gasteiger partial charge in [0.15, 0.2) is 0 Å².